The van der Waals surface area contributed by atoms with Gasteiger partial charge in [0.2, 0.25) is 0 Å². The van der Waals surface area contributed by atoms with Crippen molar-refractivity contribution in [3.63, 3.8) is 0 Å². The molecule has 2 nitrogen and oxygen atoms in total. The molecule has 0 amide bonds. The summed E-state index contributed by atoms with van der Waals surface area (Å²) < 4.78 is 5.26. The maximum atomic E-state index is 5.26. The van der Waals surface area contributed by atoms with E-state index in [9.17, 15) is 0 Å². The molecule has 0 bridgehead atoms. The molecule has 0 unspecified atom stereocenters. The van der Waals surface area contributed by atoms with E-state index in [1.54, 1.807) is 7.11 Å². The van der Waals surface area contributed by atoms with E-state index in [0.717, 1.165) is 29.0 Å². The summed E-state index contributed by atoms with van der Waals surface area (Å²) in [4.78, 5) is 4.34. The number of rotatable bonds is 4. The van der Waals surface area contributed by atoms with E-state index in [1.807, 2.05) is 26.1 Å². The van der Waals surface area contributed by atoms with Gasteiger partial charge < -0.3 is 4.74 Å². The van der Waals surface area contributed by atoms with Gasteiger partial charge >= 0.3 is 0 Å². The molecule has 0 atom stereocenters. The van der Waals surface area contributed by atoms with Gasteiger partial charge in [-0.3, -0.25) is 4.99 Å². The van der Waals surface area contributed by atoms with E-state index in [0.29, 0.717) is 0 Å². The van der Waals surface area contributed by atoms with Gasteiger partial charge in [0, 0.05) is 12.6 Å². The van der Waals surface area contributed by atoms with Crippen LogP contribution in [0.3, 0.4) is 0 Å². The number of aryl methyl sites for hydroxylation is 1. The van der Waals surface area contributed by atoms with Crippen LogP contribution in [0.15, 0.2) is 34.8 Å². The fourth-order valence-corrected chi connectivity index (χ4v) is 1.65. The maximum Gasteiger partial charge on any atom is 0.121 e. The van der Waals surface area contributed by atoms with Crippen molar-refractivity contribution in [1.82, 2.24) is 0 Å². The van der Waals surface area contributed by atoms with Crippen molar-refractivity contribution < 1.29 is 4.74 Å². The lowest BCUT2D eigenvalue weighted by atomic mass is 10.0. The van der Waals surface area contributed by atoms with Gasteiger partial charge in [0.05, 0.1) is 12.8 Å². The number of nitrogens with zero attached hydrogens (tertiary/aromatic N) is 1. The lowest BCUT2D eigenvalue weighted by molar-refractivity contribution is 0.411. The van der Waals surface area contributed by atoms with E-state index in [2.05, 4.69) is 31.0 Å². The molecule has 1 aromatic carbocycles. The molecular weight excluding hydrogens is 210 g/mol. The number of allylic oxidation sites excluding steroid dienone is 2. The lowest BCUT2D eigenvalue weighted by Crippen LogP contribution is -1.99. The topological polar surface area (TPSA) is 21.6 Å². The SMILES string of the molecule is CC/C(C)=C\C(=NC)c1ccc(OC)c(C)c1. The largest absolute Gasteiger partial charge is 0.496 e. The lowest BCUT2D eigenvalue weighted by Gasteiger charge is -2.08. The molecule has 17 heavy (non-hydrogen) atoms. The van der Waals surface area contributed by atoms with Crippen LogP contribution in [0.2, 0.25) is 0 Å². The summed E-state index contributed by atoms with van der Waals surface area (Å²) >= 11 is 0. The summed E-state index contributed by atoms with van der Waals surface area (Å²) in [7, 11) is 3.52. The average molecular weight is 231 g/mol. The highest BCUT2D eigenvalue weighted by Crippen LogP contribution is 2.19. The third-order valence-electron chi connectivity index (χ3n) is 2.87. The summed E-state index contributed by atoms with van der Waals surface area (Å²) in [5, 5.41) is 0. The van der Waals surface area contributed by atoms with Crippen molar-refractivity contribution >= 4 is 5.71 Å². The molecule has 0 aliphatic rings. The molecule has 0 saturated heterocycles. The summed E-state index contributed by atoms with van der Waals surface area (Å²) in [6.07, 6.45) is 3.19. The molecule has 0 fully saturated rings. The zero-order valence-electron chi connectivity index (χ0n) is 11.4. The Kier molecular flexibility index (Phi) is 4.95. The van der Waals surface area contributed by atoms with Gasteiger partial charge in [0.1, 0.15) is 5.75 Å². The molecule has 0 aromatic heterocycles. The number of benzene rings is 1. The summed E-state index contributed by atoms with van der Waals surface area (Å²) in [6, 6.07) is 6.15. The number of hydrogen-bond donors (Lipinski definition) is 0. The Morgan fingerprint density at radius 1 is 1.41 bits per heavy atom. The average Bonchev–Trinajstić information content (AvgIpc) is 2.35. The zero-order chi connectivity index (χ0) is 12.8. The predicted octanol–water partition coefficient (Wildman–Crippen LogP) is 3.78. The van der Waals surface area contributed by atoms with Crippen molar-refractivity contribution in [2.75, 3.05) is 14.2 Å². The van der Waals surface area contributed by atoms with Gasteiger partial charge in [-0.1, -0.05) is 12.5 Å². The summed E-state index contributed by atoms with van der Waals surface area (Å²) in [6.45, 7) is 6.33. The van der Waals surface area contributed by atoms with Crippen molar-refractivity contribution in [3.8, 4) is 5.75 Å². The van der Waals surface area contributed by atoms with Crippen LogP contribution >= 0.6 is 0 Å². The van der Waals surface area contributed by atoms with Crippen molar-refractivity contribution in [3.05, 3.63) is 41.0 Å². The monoisotopic (exact) mass is 231 g/mol. The van der Waals surface area contributed by atoms with Crippen LogP contribution in [-0.4, -0.2) is 19.9 Å². The molecule has 0 spiro atoms. The molecule has 92 valence electrons. The Labute approximate surface area is 104 Å². The molecule has 2 heteroatoms. The quantitative estimate of drug-likeness (QED) is 0.723. The van der Waals surface area contributed by atoms with Gasteiger partial charge in [-0.25, -0.2) is 0 Å². The highest BCUT2D eigenvalue weighted by Gasteiger charge is 2.04. The maximum absolute atomic E-state index is 5.26. The molecule has 1 aromatic rings. The van der Waals surface area contributed by atoms with Gasteiger partial charge in [0.15, 0.2) is 0 Å². The Bertz CT molecular complexity index is 444. The molecular formula is C15H21NO. The van der Waals surface area contributed by atoms with Crippen LogP contribution in [0, 0.1) is 6.92 Å². The fourth-order valence-electron chi connectivity index (χ4n) is 1.65. The molecule has 0 N–H and O–H groups in total. The third-order valence-corrected chi connectivity index (χ3v) is 2.87. The first-order chi connectivity index (χ1) is 8.12. The number of aliphatic imine (C=N–C) groups is 1. The van der Waals surface area contributed by atoms with Gasteiger partial charge in [0.25, 0.3) is 0 Å². The zero-order valence-corrected chi connectivity index (χ0v) is 11.4. The van der Waals surface area contributed by atoms with Crippen LogP contribution in [0.5, 0.6) is 5.75 Å². The second-order valence-electron chi connectivity index (χ2n) is 4.14. The standard InChI is InChI=1S/C15H21NO/c1-6-11(2)9-14(16-4)13-7-8-15(17-5)12(3)10-13/h7-10H,6H2,1-5H3/b11-9-,16-14?. The Balaban J connectivity index is 3.11. The minimum Gasteiger partial charge on any atom is -0.496 e. The highest BCUT2D eigenvalue weighted by atomic mass is 16.5. The number of methoxy groups -OCH3 is 1. The highest BCUT2D eigenvalue weighted by molar-refractivity contribution is 6.09. The second kappa shape index (κ2) is 6.24. The molecule has 0 radical (unpaired) electrons. The minimum atomic E-state index is 0.917. The van der Waals surface area contributed by atoms with Crippen molar-refractivity contribution in [2.24, 2.45) is 4.99 Å². The smallest absolute Gasteiger partial charge is 0.121 e. The van der Waals surface area contributed by atoms with Crippen molar-refractivity contribution in [1.29, 1.82) is 0 Å². The van der Waals surface area contributed by atoms with Crippen LogP contribution in [0.25, 0.3) is 0 Å². The van der Waals surface area contributed by atoms with Gasteiger partial charge in [-0.05, 0) is 50.1 Å². The minimum absolute atomic E-state index is 0.917. The molecule has 0 aliphatic carbocycles. The van der Waals surface area contributed by atoms with Crippen molar-refractivity contribution in [2.45, 2.75) is 27.2 Å². The first-order valence-corrected chi connectivity index (χ1v) is 5.91. The van der Waals surface area contributed by atoms with E-state index >= 15 is 0 Å². The number of ether oxygens (including phenoxy) is 1. The molecule has 0 heterocycles. The predicted molar refractivity (Wildman–Crippen MR) is 74.2 cm³/mol. The van der Waals surface area contributed by atoms with Crippen LogP contribution < -0.4 is 4.74 Å². The number of hydrogen-bond acceptors (Lipinski definition) is 2. The van der Waals surface area contributed by atoms with Gasteiger partial charge in [-0.15, -0.1) is 0 Å². The van der Waals surface area contributed by atoms with Crippen LogP contribution in [-0.2, 0) is 0 Å². The van der Waals surface area contributed by atoms with E-state index in [-0.39, 0.29) is 0 Å². The first kappa shape index (κ1) is 13.5. The Morgan fingerprint density at radius 2 is 2.12 bits per heavy atom. The molecule has 1 rings (SSSR count). The second-order valence-corrected chi connectivity index (χ2v) is 4.14. The van der Waals surface area contributed by atoms with E-state index in [4.69, 9.17) is 4.74 Å². The molecule has 0 saturated carbocycles. The fraction of sp³-hybridized carbons (Fsp3) is 0.400. The van der Waals surface area contributed by atoms with E-state index < -0.39 is 0 Å². The van der Waals surface area contributed by atoms with E-state index in [1.165, 1.54) is 5.57 Å². The first-order valence-electron chi connectivity index (χ1n) is 5.91. The van der Waals surface area contributed by atoms with Crippen LogP contribution in [0.1, 0.15) is 31.4 Å². The summed E-state index contributed by atoms with van der Waals surface area (Å²) in [5.41, 5.74) is 4.63. The third kappa shape index (κ3) is 3.45. The summed E-state index contributed by atoms with van der Waals surface area (Å²) in [5.74, 6) is 0.917. The normalized spacial score (nSPS) is 12.8. The Morgan fingerprint density at radius 3 is 2.59 bits per heavy atom. The van der Waals surface area contributed by atoms with Gasteiger partial charge in [-0.2, -0.15) is 0 Å². The molecule has 0 aliphatic heterocycles. The van der Waals surface area contributed by atoms with Crippen LogP contribution in [0.4, 0.5) is 0 Å². The Hall–Kier alpha value is -1.57.